The lowest BCUT2D eigenvalue weighted by Crippen LogP contribution is -2.26. The Morgan fingerprint density at radius 3 is 2.79 bits per heavy atom. The van der Waals surface area contributed by atoms with Crippen molar-refractivity contribution in [3.63, 3.8) is 0 Å². The van der Waals surface area contributed by atoms with Crippen LogP contribution in [0.25, 0.3) is 0 Å². The molecule has 0 spiro atoms. The van der Waals surface area contributed by atoms with Gasteiger partial charge in [-0.3, -0.25) is 9.67 Å². The summed E-state index contributed by atoms with van der Waals surface area (Å²) in [6, 6.07) is 4.76. The molecular weight excluding hydrogens is 302 g/mol. The molecule has 2 aliphatic rings. The average Bonchev–Trinajstić information content (AvgIpc) is 3.37. The van der Waals surface area contributed by atoms with Gasteiger partial charge in [0, 0.05) is 29.8 Å². The summed E-state index contributed by atoms with van der Waals surface area (Å²) in [7, 11) is 1.65. The monoisotopic (exact) mass is 327 g/mol. The van der Waals surface area contributed by atoms with E-state index in [4.69, 9.17) is 9.47 Å². The number of hydrogen-bond donors (Lipinski definition) is 0. The van der Waals surface area contributed by atoms with E-state index in [2.05, 4.69) is 20.8 Å². The molecule has 0 aliphatic heterocycles. The van der Waals surface area contributed by atoms with Crippen LogP contribution in [0.2, 0.25) is 0 Å². The van der Waals surface area contributed by atoms with Gasteiger partial charge in [-0.15, -0.1) is 0 Å². The number of pyridine rings is 1. The second-order valence-corrected chi connectivity index (χ2v) is 6.95. The highest BCUT2D eigenvalue weighted by Crippen LogP contribution is 2.42. The molecule has 0 radical (unpaired) electrons. The SMILES string of the molecule is COc1cncc(OCC2CCCCC2c2ccnn2C2CC2)c1. The fourth-order valence-electron chi connectivity index (χ4n) is 3.83. The Kier molecular flexibility index (Phi) is 4.41. The molecule has 2 aromatic heterocycles. The predicted molar refractivity (Wildman–Crippen MR) is 91.5 cm³/mol. The zero-order valence-corrected chi connectivity index (χ0v) is 14.2. The Labute approximate surface area is 143 Å². The van der Waals surface area contributed by atoms with E-state index >= 15 is 0 Å². The number of methoxy groups -OCH3 is 1. The Hall–Kier alpha value is -2.04. The highest BCUT2D eigenvalue weighted by molar-refractivity contribution is 5.28. The van der Waals surface area contributed by atoms with Crippen LogP contribution < -0.4 is 9.47 Å². The molecule has 2 aliphatic carbocycles. The molecule has 0 N–H and O–H groups in total. The van der Waals surface area contributed by atoms with Crippen LogP contribution in [0.15, 0.2) is 30.7 Å². The molecule has 0 aromatic carbocycles. The van der Waals surface area contributed by atoms with Crippen molar-refractivity contribution >= 4 is 0 Å². The molecule has 4 rings (SSSR count). The zero-order chi connectivity index (χ0) is 16.4. The number of nitrogens with zero attached hydrogens (tertiary/aromatic N) is 3. The summed E-state index contributed by atoms with van der Waals surface area (Å²) in [6.45, 7) is 0.732. The van der Waals surface area contributed by atoms with Crippen molar-refractivity contribution in [3.8, 4) is 11.5 Å². The van der Waals surface area contributed by atoms with Crippen LogP contribution >= 0.6 is 0 Å². The molecule has 2 aromatic rings. The quantitative estimate of drug-likeness (QED) is 0.805. The van der Waals surface area contributed by atoms with Crippen LogP contribution in [0.4, 0.5) is 0 Å². The third-order valence-electron chi connectivity index (χ3n) is 5.27. The topological polar surface area (TPSA) is 49.2 Å². The van der Waals surface area contributed by atoms with Gasteiger partial charge in [0.05, 0.1) is 32.2 Å². The van der Waals surface area contributed by atoms with Crippen molar-refractivity contribution < 1.29 is 9.47 Å². The second-order valence-electron chi connectivity index (χ2n) is 6.95. The first-order chi connectivity index (χ1) is 11.8. The maximum Gasteiger partial charge on any atom is 0.141 e. The van der Waals surface area contributed by atoms with Crippen LogP contribution in [0, 0.1) is 5.92 Å². The molecule has 2 atom stereocenters. The molecule has 2 saturated carbocycles. The van der Waals surface area contributed by atoms with Gasteiger partial charge >= 0.3 is 0 Å². The maximum atomic E-state index is 6.06. The minimum absolute atomic E-state index is 0.541. The number of hydrogen-bond acceptors (Lipinski definition) is 4. The first-order valence-corrected chi connectivity index (χ1v) is 9.00. The van der Waals surface area contributed by atoms with E-state index in [1.54, 1.807) is 19.5 Å². The molecule has 0 amide bonds. The van der Waals surface area contributed by atoms with Crippen LogP contribution in [-0.4, -0.2) is 28.5 Å². The summed E-state index contributed by atoms with van der Waals surface area (Å²) in [5, 5.41) is 4.58. The van der Waals surface area contributed by atoms with Crippen LogP contribution in [0.3, 0.4) is 0 Å². The Balaban J connectivity index is 1.46. The molecule has 128 valence electrons. The number of rotatable bonds is 6. The smallest absolute Gasteiger partial charge is 0.141 e. The first kappa shape index (κ1) is 15.5. The van der Waals surface area contributed by atoms with Crippen molar-refractivity contribution in [1.29, 1.82) is 0 Å². The fraction of sp³-hybridized carbons (Fsp3) is 0.579. The predicted octanol–water partition coefficient (Wildman–Crippen LogP) is 3.97. The van der Waals surface area contributed by atoms with E-state index in [1.165, 1.54) is 44.2 Å². The van der Waals surface area contributed by atoms with Gasteiger partial charge in [-0.2, -0.15) is 5.10 Å². The fourth-order valence-corrected chi connectivity index (χ4v) is 3.83. The Morgan fingerprint density at radius 1 is 1.12 bits per heavy atom. The molecular formula is C19H25N3O2. The van der Waals surface area contributed by atoms with E-state index < -0.39 is 0 Å². The Morgan fingerprint density at radius 2 is 1.96 bits per heavy atom. The third kappa shape index (κ3) is 3.25. The van der Waals surface area contributed by atoms with Gasteiger partial charge in [0.15, 0.2) is 0 Å². The standard InChI is InChI=1S/C19H25N3O2/c1-23-16-10-17(12-20-11-16)24-13-14-4-2-3-5-18(14)19-8-9-21-22(19)15-6-7-15/h8-12,14-15,18H,2-7,13H2,1H3. The lowest BCUT2D eigenvalue weighted by atomic mass is 9.78. The third-order valence-corrected chi connectivity index (χ3v) is 5.27. The van der Waals surface area contributed by atoms with E-state index in [9.17, 15) is 0 Å². The van der Waals surface area contributed by atoms with Gasteiger partial charge in [-0.25, -0.2) is 0 Å². The lowest BCUT2D eigenvalue weighted by Gasteiger charge is -2.32. The molecule has 2 unspecified atom stereocenters. The molecule has 24 heavy (non-hydrogen) atoms. The number of aromatic nitrogens is 3. The largest absolute Gasteiger partial charge is 0.495 e. The maximum absolute atomic E-state index is 6.06. The van der Waals surface area contributed by atoms with Gasteiger partial charge in [-0.1, -0.05) is 12.8 Å². The summed E-state index contributed by atoms with van der Waals surface area (Å²) >= 11 is 0. The average molecular weight is 327 g/mol. The molecule has 0 bridgehead atoms. The summed E-state index contributed by atoms with van der Waals surface area (Å²) in [4.78, 5) is 4.17. The minimum Gasteiger partial charge on any atom is -0.495 e. The van der Waals surface area contributed by atoms with Crippen molar-refractivity contribution in [2.24, 2.45) is 5.92 Å². The summed E-state index contributed by atoms with van der Waals surface area (Å²) < 4.78 is 13.6. The summed E-state index contributed by atoms with van der Waals surface area (Å²) in [6.07, 6.45) is 13.0. The van der Waals surface area contributed by atoms with Gasteiger partial charge in [0.25, 0.3) is 0 Å². The van der Waals surface area contributed by atoms with E-state index in [-0.39, 0.29) is 0 Å². The van der Waals surface area contributed by atoms with E-state index in [0.717, 1.165) is 18.1 Å². The minimum atomic E-state index is 0.541. The van der Waals surface area contributed by atoms with Gasteiger partial charge in [-0.05, 0) is 31.7 Å². The normalized spacial score (nSPS) is 23.9. The van der Waals surface area contributed by atoms with Crippen LogP contribution in [0.5, 0.6) is 11.5 Å². The summed E-state index contributed by atoms with van der Waals surface area (Å²) in [5.74, 6) is 2.62. The first-order valence-electron chi connectivity index (χ1n) is 9.00. The van der Waals surface area contributed by atoms with Gasteiger partial charge in [0.2, 0.25) is 0 Å². The second kappa shape index (κ2) is 6.83. The van der Waals surface area contributed by atoms with Crippen molar-refractivity contribution in [1.82, 2.24) is 14.8 Å². The van der Waals surface area contributed by atoms with Crippen LogP contribution in [-0.2, 0) is 0 Å². The molecule has 5 heteroatoms. The zero-order valence-electron chi connectivity index (χ0n) is 14.2. The van der Waals surface area contributed by atoms with Gasteiger partial charge < -0.3 is 9.47 Å². The van der Waals surface area contributed by atoms with Crippen LogP contribution in [0.1, 0.15) is 56.2 Å². The van der Waals surface area contributed by atoms with Crippen molar-refractivity contribution in [3.05, 3.63) is 36.4 Å². The molecule has 2 fully saturated rings. The van der Waals surface area contributed by atoms with Crippen molar-refractivity contribution in [2.75, 3.05) is 13.7 Å². The molecule has 0 saturated heterocycles. The highest BCUT2D eigenvalue weighted by atomic mass is 16.5. The van der Waals surface area contributed by atoms with E-state index in [1.807, 2.05) is 12.3 Å². The van der Waals surface area contributed by atoms with Gasteiger partial charge in [0.1, 0.15) is 11.5 Å². The molecule has 5 nitrogen and oxygen atoms in total. The highest BCUT2D eigenvalue weighted by Gasteiger charge is 2.33. The van der Waals surface area contributed by atoms with Crippen molar-refractivity contribution in [2.45, 2.75) is 50.5 Å². The Bertz CT molecular complexity index is 681. The number of ether oxygens (including phenoxy) is 2. The lowest BCUT2D eigenvalue weighted by molar-refractivity contribution is 0.180. The molecule has 2 heterocycles. The summed E-state index contributed by atoms with van der Waals surface area (Å²) in [5.41, 5.74) is 1.41. The van der Waals surface area contributed by atoms with E-state index in [0.29, 0.717) is 17.9 Å².